The Morgan fingerprint density at radius 2 is 2.00 bits per heavy atom. The maximum atomic E-state index is 4.57. The van der Waals surface area contributed by atoms with E-state index in [9.17, 15) is 0 Å². The molecule has 0 amide bonds. The van der Waals surface area contributed by atoms with E-state index in [1.807, 2.05) is 17.8 Å². The first-order valence-electron chi connectivity index (χ1n) is 5.73. The third-order valence-corrected chi connectivity index (χ3v) is 4.21. The zero-order valence-electron chi connectivity index (χ0n) is 10.3. The zero-order valence-corrected chi connectivity index (χ0v) is 12.7. The van der Waals surface area contributed by atoms with Crippen molar-refractivity contribution in [1.29, 1.82) is 0 Å². The average molecular weight is 303 g/mol. The van der Waals surface area contributed by atoms with Crippen molar-refractivity contribution in [2.45, 2.75) is 50.8 Å². The summed E-state index contributed by atoms with van der Waals surface area (Å²) in [6.45, 7) is 8.86. The monoisotopic (exact) mass is 302 g/mol. The van der Waals surface area contributed by atoms with Crippen molar-refractivity contribution in [2.24, 2.45) is 5.92 Å². The molecule has 0 aliphatic heterocycles. The highest BCUT2D eigenvalue weighted by Gasteiger charge is 2.11. The third kappa shape index (κ3) is 4.42. The van der Waals surface area contributed by atoms with E-state index in [0.29, 0.717) is 11.2 Å². The third-order valence-electron chi connectivity index (χ3n) is 2.44. The number of nitrogens with zero attached hydrogens (tertiary/aromatic N) is 2. The lowest BCUT2D eigenvalue weighted by molar-refractivity contribution is 0.641. The Labute approximate surface area is 111 Å². The molecule has 1 rings (SSSR count). The Hall–Kier alpha value is -0.0900. The molecule has 0 aliphatic carbocycles. The Kier molecular flexibility index (Phi) is 5.76. The highest BCUT2D eigenvalue weighted by molar-refractivity contribution is 9.10. The second-order valence-corrected chi connectivity index (χ2v) is 6.47. The summed E-state index contributed by atoms with van der Waals surface area (Å²) in [7, 11) is 0. The Morgan fingerprint density at radius 3 is 2.56 bits per heavy atom. The molecule has 0 fully saturated rings. The summed E-state index contributed by atoms with van der Waals surface area (Å²) in [5.74, 6) is 1.60. The van der Waals surface area contributed by atoms with E-state index < -0.39 is 0 Å². The summed E-state index contributed by atoms with van der Waals surface area (Å²) in [4.78, 5) is 8.94. The van der Waals surface area contributed by atoms with Gasteiger partial charge in [-0.25, -0.2) is 9.97 Å². The van der Waals surface area contributed by atoms with Crippen molar-refractivity contribution in [3.63, 3.8) is 0 Å². The SMILES string of the molecule is CCCc1nc(Br)cc(SC(C)C(C)C)n1. The van der Waals surface area contributed by atoms with Crippen LogP contribution in [0.2, 0.25) is 0 Å². The maximum absolute atomic E-state index is 4.57. The van der Waals surface area contributed by atoms with Gasteiger partial charge in [-0.15, -0.1) is 11.8 Å². The molecule has 1 aromatic rings. The van der Waals surface area contributed by atoms with E-state index in [-0.39, 0.29) is 0 Å². The van der Waals surface area contributed by atoms with Gasteiger partial charge in [0.15, 0.2) is 0 Å². The van der Waals surface area contributed by atoms with Gasteiger partial charge in [-0.3, -0.25) is 0 Å². The van der Waals surface area contributed by atoms with E-state index in [1.54, 1.807) is 0 Å². The van der Waals surface area contributed by atoms with Crippen LogP contribution in [0.5, 0.6) is 0 Å². The summed E-state index contributed by atoms with van der Waals surface area (Å²) in [5.41, 5.74) is 0. The van der Waals surface area contributed by atoms with Gasteiger partial charge in [0.05, 0.1) is 0 Å². The predicted molar refractivity (Wildman–Crippen MR) is 73.9 cm³/mol. The first-order chi connectivity index (χ1) is 7.52. The van der Waals surface area contributed by atoms with Gasteiger partial charge in [0.1, 0.15) is 15.5 Å². The lowest BCUT2D eigenvalue weighted by Gasteiger charge is -2.14. The summed E-state index contributed by atoms with van der Waals surface area (Å²) in [6, 6.07) is 2.00. The van der Waals surface area contributed by atoms with Crippen molar-refractivity contribution in [1.82, 2.24) is 9.97 Å². The molecule has 0 aliphatic rings. The second-order valence-electron chi connectivity index (χ2n) is 4.26. The molecular weight excluding hydrogens is 284 g/mol. The molecule has 0 bridgehead atoms. The minimum absolute atomic E-state index is 0.580. The lowest BCUT2D eigenvalue weighted by Crippen LogP contribution is -2.06. The number of hydrogen-bond acceptors (Lipinski definition) is 3. The van der Waals surface area contributed by atoms with Gasteiger partial charge in [-0.1, -0.05) is 27.7 Å². The highest BCUT2D eigenvalue weighted by Crippen LogP contribution is 2.27. The first-order valence-corrected chi connectivity index (χ1v) is 7.40. The summed E-state index contributed by atoms with van der Waals surface area (Å²) >= 11 is 5.27. The number of hydrogen-bond donors (Lipinski definition) is 0. The van der Waals surface area contributed by atoms with Crippen LogP contribution in [0, 0.1) is 5.92 Å². The largest absolute Gasteiger partial charge is 0.227 e. The molecule has 0 spiro atoms. The minimum atomic E-state index is 0.580. The fraction of sp³-hybridized carbons (Fsp3) is 0.667. The van der Waals surface area contributed by atoms with Crippen LogP contribution >= 0.6 is 27.7 Å². The molecule has 90 valence electrons. The standard InChI is InChI=1S/C12H19BrN2S/c1-5-6-11-14-10(13)7-12(15-11)16-9(4)8(2)3/h7-9H,5-6H2,1-4H3. The normalized spacial score (nSPS) is 13.1. The van der Waals surface area contributed by atoms with Crippen LogP contribution in [0.25, 0.3) is 0 Å². The molecule has 0 saturated carbocycles. The number of halogens is 1. The van der Waals surface area contributed by atoms with Gasteiger partial charge in [0.25, 0.3) is 0 Å². The summed E-state index contributed by atoms with van der Waals surface area (Å²) in [5, 5.41) is 1.66. The molecular formula is C12H19BrN2S. The van der Waals surface area contributed by atoms with Crippen molar-refractivity contribution in [3.8, 4) is 0 Å². The Morgan fingerprint density at radius 1 is 1.31 bits per heavy atom. The van der Waals surface area contributed by atoms with Crippen LogP contribution in [0.1, 0.15) is 39.9 Å². The van der Waals surface area contributed by atoms with Crippen LogP contribution in [-0.2, 0) is 6.42 Å². The first kappa shape index (κ1) is 14.0. The molecule has 1 aromatic heterocycles. The Balaban J connectivity index is 2.79. The van der Waals surface area contributed by atoms with Gasteiger partial charge in [-0.2, -0.15) is 0 Å². The van der Waals surface area contributed by atoms with Gasteiger partial charge in [0, 0.05) is 17.7 Å². The van der Waals surface area contributed by atoms with E-state index in [0.717, 1.165) is 28.3 Å². The lowest BCUT2D eigenvalue weighted by atomic mass is 10.2. The van der Waals surface area contributed by atoms with Crippen molar-refractivity contribution in [3.05, 3.63) is 16.5 Å². The molecule has 0 saturated heterocycles. The maximum Gasteiger partial charge on any atom is 0.130 e. The number of thioether (sulfide) groups is 1. The molecule has 0 N–H and O–H groups in total. The van der Waals surface area contributed by atoms with Crippen LogP contribution in [0.4, 0.5) is 0 Å². The smallest absolute Gasteiger partial charge is 0.130 e. The van der Waals surface area contributed by atoms with E-state index in [1.165, 1.54) is 0 Å². The fourth-order valence-corrected chi connectivity index (χ4v) is 2.73. The predicted octanol–water partition coefficient (Wildman–Crippen LogP) is 4.33. The van der Waals surface area contributed by atoms with Crippen molar-refractivity contribution < 1.29 is 0 Å². The molecule has 0 aromatic carbocycles. The highest BCUT2D eigenvalue weighted by atomic mass is 79.9. The van der Waals surface area contributed by atoms with Crippen LogP contribution in [0.3, 0.4) is 0 Å². The molecule has 4 heteroatoms. The van der Waals surface area contributed by atoms with Crippen molar-refractivity contribution >= 4 is 27.7 Å². The molecule has 1 unspecified atom stereocenters. The van der Waals surface area contributed by atoms with E-state index in [2.05, 4.69) is 53.6 Å². The van der Waals surface area contributed by atoms with Crippen LogP contribution in [-0.4, -0.2) is 15.2 Å². The van der Waals surface area contributed by atoms with Crippen molar-refractivity contribution in [2.75, 3.05) is 0 Å². The Bertz CT molecular complexity index is 342. The molecule has 0 radical (unpaired) electrons. The summed E-state index contributed by atoms with van der Waals surface area (Å²) in [6.07, 6.45) is 2.03. The van der Waals surface area contributed by atoms with E-state index >= 15 is 0 Å². The van der Waals surface area contributed by atoms with Gasteiger partial charge < -0.3 is 0 Å². The molecule has 16 heavy (non-hydrogen) atoms. The minimum Gasteiger partial charge on any atom is -0.227 e. The fourth-order valence-electron chi connectivity index (χ4n) is 1.16. The number of aromatic nitrogens is 2. The van der Waals surface area contributed by atoms with E-state index in [4.69, 9.17) is 0 Å². The molecule has 1 heterocycles. The number of rotatable bonds is 5. The van der Waals surface area contributed by atoms with Crippen LogP contribution < -0.4 is 0 Å². The molecule has 1 atom stereocenters. The quantitative estimate of drug-likeness (QED) is 0.598. The van der Waals surface area contributed by atoms with Gasteiger partial charge in [0.2, 0.25) is 0 Å². The van der Waals surface area contributed by atoms with Gasteiger partial charge in [-0.05, 0) is 28.3 Å². The zero-order chi connectivity index (χ0) is 12.1. The van der Waals surface area contributed by atoms with Gasteiger partial charge >= 0.3 is 0 Å². The summed E-state index contributed by atoms with van der Waals surface area (Å²) < 4.78 is 0.893. The average Bonchev–Trinajstić information content (AvgIpc) is 2.16. The molecule has 2 nitrogen and oxygen atoms in total. The van der Waals surface area contributed by atoms with Crippen LogP contribution in [0.15, 0.2) is 15.7 Å². The topological polar surface area (TPSA) is 25.8 Å². The second kappa shape index (κ2) is 6.60. The number of aryl methyl sites for hydroxylation is 1.